The van der Waals surface area contributed by atoms with E-state index < -0.39 is 0 Å². The molecule has 1 saturated heterocycles. The van der Waals surface area contributed by atoms with Gasteiger partial charge < -0.3 is 10.6 Å². The summed E-state index contributed by atoms with van der Waals surface area (Å²) in [6.45, 7) is 3.18. The monoisotopic (exact) mass is 248 g/mol. The highest BCUT2D eigenvalue weighted by Crippen LogP contribution is 2.16. The summed E-state index contributed by atoms with van der Waals surface area (Å²) in [7, 11) is 0. The minimum atomic E-state index is -0.275. The van der Waals surface area contributed by atoms with Gasteiger partial charge in [0.1, 0.15) is 5.82 Å². The van der Waals surface area contributed by atoms with E-state index in [2.05, 4.69) is 0 Å². The van der Waals surface area contributed by atoms with Gasteiger partial charge in [-0.3, -0.25) is 4.79 Å². The highest BCUT2D eigenvalue weighted by Gasteiger charge is 2.22. The van der Waals surface area contributed by atoms with Gasteiger partial charge >= 0.3 is 0 Å². The third-order valence-corrected chi connectivity index (χ3v) is 3.18. The maximum atomic E-state index is 12.8. The van der Waals surface area contributed by atoms with Crippen molar-refractivity contribution in [2.75, 3.05) is 13.1 Å². The van der Waals surface area contributed by atoms with Gasteiger partial charge in [-0.2, -0.15) is 0 Å². The number of benzene rings is 1. The molecule has 18 heavy (non-hydrogen) atoms. The van der Waals surface area contributed by atoms with Crippen LogP contribution in [0.5, 0.6) is 0 Å². The van der Waals surface area contributed by atoms with Gasteiger partial charge in [0.2, 0.25) is 5.91 Å². The van der Waals surface area contributed by atoms with Crippen LogP contribution in [0.4, 0.5) is 4.39 Å². The van der Waals surface area contributed by atoms with Crippen LogP contribution >= 0.6 is 0 Å². The summed E-state index contributed by atoms with van der Waals surface area (Å²) in [5, 5.41) is 0. The van der Waals surface area contributed by atoms with E-state index in [9.17, 15) is 9.18 Å². The van der Waals surface area contributed by atoms with Gasteiger partial charge in [-0.15, -0.1) is 0 Å². The number of likely N-dealkylation sites (tertiary alicyclic amines) is 1. The average Bonchev–Trinajstić information content (AvgIpc) is 2.76. The number of allylic oxidation sites excluding steroid dienone is 1. The number of carbonyl (C=O) groups excluding carboxylic acids is 1. The van der Waals surface area contributed by atoms with Crippen molar-refractivity contribution in [1.29, 1.82) is 0 Å². The Labute approximate surface area is 106 Å². The second kappa shape index (κ2) is 5.31. The summed E-state index contributed by atoms with van der Waals surface area (Å²) in [4.78, 5) is 13.7. The third kappa shape index (κ3) is 2.96. The molecule has 0 unspecified atom stereocenters. The van der Waals surface area contributed by atoms with E-state index in [1.807, 2.05) is 6.92 Å². The first kappa shape index (κ1) is 12.8. The Morgan fingerprint density at radius 1 is 1.44 bits per heavy atom. The van der Waals surface area contributed by atoms with Crippen molar-refractivity contribution in [2.24, 2.45) is 5.73 Å². The second-order valence-corrected chi connectivity index (χ2v) is 4.67. The maximum Gasteiger partial charge on any atom is 0.246 e. The molecule has 0 saturated carbocycles. The van der Waals surface area contributed by atoms with Crippen LogP contribution in [0.3, 0.4) is 0 Å². The number of nitrogens with two attached hydrogens (primary N) is 1. The molecule has 1 aliphatic rings. The molecule has 1 amide bonds. The molecule has 0 aliphatic carbocycles. The summed E-state index contributed by atoms with van der Waals surface area (Å²) >= 11 is 0. The van der Waals surface area contributed by atoms with Crippen LogP contribution in [0, 0.1) is 5.82 Å². The fraction of sp³-hybridized carbons (Fsp3) is 0.357. The Morgan fingerprint density at radius 3 is 2.67 bits per heavy atom. The maximum absolute atomic E-state index is 12.8. The second-order valence-electron chi connectivity index (χ2n) is 4.67. The van der Waals surface area contributed by atoms with Crippen LogP contribution in [0.25, 0.3) is 5.57 Å². The molecule has 2 rings (SSSR count). The van der Waals surface area contributed by atoms with Crippen LogP contribution in [-0.4, -0.2) is 29.9 Å². The largest absolute Gasteiger partial charge is 0.338 e. The number of carbonyl (C=O) groups is 1. The van der Waals surface area contributed by atoms with Crippen molar-refractivity contribution >= 4 is 11.5 Å². The van der Waals surface area contributed by atoms with E-state index in [0.717, 1.165) is 17.6 Å². The lowest BCUT2D eigenvalue weighted by molar-refractivity contribution is -0.125. The SMILES string of the molecule is C/C(=C\C(=O)N1CC[C@@H](N)C1)c1ccc(F)cc1. The van der Waals surface area contributed by atoms with Crippen LogP contribution < -0.4 is 5.73 Å². The Kier molecular flexibility index (Phi) is 3.77. The molecular weight excluding hydrogens is 231 g/mol. The normalized spacial score (nSPS) is 20.3. The molecular formula is C14H17FN2O. The molecule has 1 atom stereocenters. The predicted molar refractivity (Wildman–Crippen MR) is 69.2 cm³/mol. The highest BCUT2D eigenvalue weighted by atomic mass is 19.1. The summed E-state index contributed by atoms with van der Waals surface area (Å²) in [5.41, 5.74) is 7.45. The van der Waals surface area contributed by atoms with Crippen LogP contribution in [0.2, 0.25) is 0 Å². The van der Waals surface area contributed by atoms with Gasteiger partial charge in [0.15, 0.2) is 0 Å². The summed E-state index contributed by atoms with van der Waals surface area (Å²) in [6.07, 6.45) is 2.44. The Bertz CT molecular complexity index is 467. The smallest absolute Gasteiger partial charge is 0.246 e. The number of amides is 1. The van der Waals surface area contributed by atoms with Crippen molar-refractivity contribution < 1.29 is 9.18 Å². The number of rotatable bonds is 2. The zero-order valence-electron chi connectivity index (χ0n) is 10.4. The van der Waals surface area contributed by atoms with Crippen LogP contribution in [-0.2, 0) is 4.79 Å². The average molecular weight is 248 g/mol. The molecule has 0 spiro atoms. The zero-order valence-corrected chi connectivity index (χ0v) is 10.4. The van der Waals surface area contributed by atoms with Crippen LogP contribution in [0.15, 0.2) is 30.3 Å². The van der Waals surface area contributed by atoms with E-state index in [1.165, 1.54) is 12.1 Å². The van der Waals surface area contributed by atoms with Crippen molar-refractivity contribution in [3.05, 3.63) is 41.7 Å². The van der Waals surface area contributed by atoms with Crippen molar-refractivity contribution in [2.45, 2.75) is 19.4 Å². The predicted octanol–water partition coefficient (Wildman–Crippen LogP) is 1.79. The Balaban J connectivity index is 2.08. The fourth-order valence-electron chi connectivity index (χ4n) is 2.06. The van der Waals surface area contributed by atoms with Gasteiger partial charge in [0.05, 0.1) is 0 Å². The standard InChI is InChI=1S/C14H17FN2O/c1-10(11-2-4-12(15)5-3-11)8-14(18)17-7-6-13(16)9-17/h2-5,8,13H,6-7,9,16H2,1H3/b10-8+/t13-/m1/s1. The summed E-state index contributed by atoms with van der Waals surface area (Å²) in [5.74, 6) is -0.298. The molecule has 0 radical (unpaired) electrons. The first-order valence-electron chi connectivity index (χ1n) is 6.05. The minimum absolute atomic E-state index is 0.0234. The first-order valence-corrected chi connectivity index (χ1v) is 6.05. The quantitative estimate of drug-likeness (QED) is 0.811. The van der Waals surface area contributed by atoms with Crippen LogP contribution in [0.1, 0.15) is 18.9 Å². The van der Waals surface area contributed by atoms with Crippen molar-refractivity contribution in [3.63, 3.8) is 0 Å². The van der Waals surface area contributed by atoms with Gasteiger partial charge in [-0.1, -0.05) is 12.1 Å². The molecule has 0 bridgehead atoms. The third-order valence-electron chi connectivity index (χ3n) is 3.18. The van der Waals surface area contributed by atoms with E-state index in [1.54, 1.807) is 23.1 Å². The molecule has 2 N–H and O–H groups in total. The number of nitrogens with zero attached hydrogens (tertiary/aromatic N) is 1. The lowest BCUT2D eigenvalue weighted by Gasteiger charge is -2.13. The van der Waals surface area contributed by atoms with Gasteiger partial charge in [0, 0.05) is 25.2 Å². The molecule has 96 valence electrons. The molecule has 1 heterocycles. The Hall–Kier alpha value is -1.68. The molecule has 1 aromatic rings. The zero-order chi connectivity index (χ0) is 13.1. The number of hydrogen-bond donors (Lipinski definition) is 1. The molecule has 4 heteroatoms. The van der Waals surface area contributed by atoms with Crippen molar-refractivity contribution in [1.82, 2.24) is 4.90 Å². The molecule has 3 nitrogen and oxygen atoms in total. The fourth-order valence-corrected chi connectivity index (χ4v) is 2.06. The topological polar surface area (TPSA) is 46.3 Å². The molecule has 1 aliphatic heterocycles. The summed E-state index contributed by atoms with van der Waals surface area (Å²) < 4.78 is 12.8. The number of hydrogen-bond acceptors (Lipinski definition) is 2. The molecule has 0 aromatic heterocycles. The van der Waals surface area contributed by atoms with Gasteiger partial charge in [0.25, 0.3) is 0 Å². The first-order chi connectivity index (χ1) is 8.56. The van der Waals surface area contributed by atoms with Crippen molar-refractivity contribution in [3.8, 4) is 0 Å². The van der Waals surface area contributed by atoms with Gasteiger partial charge in [-0.05, 0) is 36.6 Å². The summed E-state index contributed by atoms with van der Waals surface area (Å²) in [6, 6.07) is 6.22. The minimum Gasteiger partial charge on any atom is -0.338 e. The lowest BCUT2D eigenvalue weighted by atomic mass is 10.1. The highest BCUT2D eigenvalue weighted by molar-refractivity contribution is 5.95. The van der Waals surface area contributed by atoms with E-state index in [4.69, 9.17) is 5.73 Å². The number of halogens is 1. The molecule has 1 aromatic carbocycles. The van der Waals surface area contributed by atoms with E-state index >= 15 is 0 Å². The Morgan fingerprint density at radius 2 is 2.11 bits per heavy atom. The molecule has 1 fully saturated rings. The van der Waals surface area contributed by atoms with E-state index in [-0.39, 0.29) is 17.8 Å². The van der Waals surface area contributed by atoms with Gasteiger partial charge in [-0.25, -0.2) is 4.39 Å². The lowest BCUT2D eigenvalue weighted by Crippen LogP contribution is -2.30. The van der Waals surface area contributed by atoms with E-state index in [0.29, 0.717) is 13.1 Å².